The normalized spacial score (nSPS) is 10.9. The van der Waals surface area contributed by atoms with Gasteiger partial charge in [-0.1, -0.05) is 0 Å². The summed E-state index contributed by atoms with van der Waals surface area (Å²) >= 11 is 2.15. The van der Waals surface area contributed by atoms with E-state index < -0.39 is 5.97 Å². The highest BCUT2D eigenvalue weighted by Crippen LogP contribution is 2.08. The molecule has 0 aliphatic rings. The van der Waals surface area contributed by atoms with Crippen molar-refractivity contribution in [1.82, 2.24) is 5.32 Å². The van der Waals surface area contributed by atoms with Crippen LogP contribution in [-0.2, 0) is 9.53 Å². The van der Waals surface area contributed by atoms with Crippen molar-refractivity contribution in [2.75, 3.05) is 6.61 Å². The zero-order chi connectivity index (χ0) is 13.8. The van der Waals surface area contributed by atoms with Crippen LogP contribution in [0.15, 0.2) is 24.3 Å². The summed E-state index contributed by atoms with van der Waals surface area (Å²) in [7, 11) is 0. The Morgan fingerprint density at radius 1 is 1.22 bits per heavy atom. The van der Waals surface area contributed by atoms with E-state index in [1.807, 2.05) is 32.9 Å². The van der Waals surface area contributed by atoms with Gasteiger partial charge in [-0.25, -0.2) is 4.79 Å². The molecule has 0 saturated heterocycles. The van der Waals surface area contributed by atoms with Gasteiger partial charge in [0.1, 0.15) is 0 Å². The lowest BCUT2D eigenvalue weighted by atomic mass is 10.1. The van der Waals surface area contributed by atoms with Crippen molar-refractivity contribution < 1.29 is 14.3 Å². The molecule has 0 fully saturated rings. The van der Waals surface area contributed by atoms with Crippen LogP contribution in [0.3, 0.4) is 0 Å². The zero-order valence-corrected chi connectivity index (χ0v) is 12.8. The fourth-order valence-electron chi connectivity index (χ4n) is 1.25. The number of benzene rings is 1. The quantitative estimate of drug-likeness (QED) is 0.664. The average molecular weight is 361 g/mol. The first-order valence-electron chi connectivity index (χ1n) is 5.51. The van der Waals surface area contributed by atoms with E-state index in [1.165, 1.54) is 0 Å². The lowest BCUT2D eigenvalue weighted by molar-refractivity contribution is -0.125. The molecule has 0 radical (unpaired) electrons. The van der Waals surface area contributed by atoms with E-state index in [-0.39, 0.29) is 18.1 Å². The zero-order valence-electron chi connectivity index (χ0n) is 10.6. The van der Waals surface area contributed by atoms with Gasteiger partial charge in [0.15, 0.2) is 6.61 Å². The Bertz CT molecular complexity index is 435. The molecule has 1 N–H and O–H groups in total. The van der Waals surface area contributed by atoms with Crippen LogP contribution < -0.4 is 5.32 Å². The number of halogens is 1. The van der Waals surface area contributed by atoms with Crippen LogP contribution >= 0.6 is 22.6 Å². The van der Waals surface area contributed by atoms with E-state index in [2.05, 4.69) is 27.9 Å². The number of hydrogen-bond acceptors (Lipinski definition) is 3. The van der Waals surface area contributed by atoms with Crippen molar-refractivity contribution in [2.24, 2.45) is 0 Å². The van der Waals surface area contributed by atoms with Crippen LogP contribution in [0.4, 0.5) is 0 Å². The molecule has 0 aliphatic carbocycles. The predicted octanol–water partition coefficient (Wildman–Crippen LogP) is 2.36. The molecule has 1 rings (SSSR count). The first kappa shape index (κ1) is 14.9. The Morgan fingerprint density at radius 2 is 1.78 bits per heavy atom. The Balaban J connectivity index is 2.47. The van der Waals surface area contributed by atoms with Crippen molar-refractivity contribution >= 4 is 34.5 Å². The number of carbonyl (C=O) groups excluding carboxylic acids is 2. The molecule has 0 saturated carbocycles. The SMILES string of the molecule is CC(C)(C)NC(=O)COC(=O)c1ccc(I)cc1. The molecule has 1 amide bonds. The van der Waals surface area contributed by atoms with Gasteiger partial charge < -0.3 is 10.1 Å². The van der Waals surface area contributed by atoms with E-state index >= 15 is 0 Å². The molecular weight excluding hydrogens is 345 g/mol. The first-order valence-corrected chi connectivity index (χ1v) is 6.59. The summed E-state index contributed by atoms with van der Waals surface area (Å²) in [5.41, 5.74) is 0.116. The van der Waals surface area contributed by atoms with Crippen LogP contribution in [0.25, 0.3) is 0 Å². The Labute approximate surface area is 120 Å². The van der Waals surface area contributed by atoms with Crippen LogP contribution in [0.1, 0.15) is 31.1 Å². The van der Waals surface area contributed by atoms with Crippen LogP contribution in [0.5, 0.6) is 0 Å². The molecule has 0 aliphatic heterocycles. The number of rotatable bonds is 3. The van der Waals surface area contributed by atoms with Gasteiger partial charge >= 0.3 is 5.97 Å². The third-order valence-electron chi connectivity index (χ3n) is 1.93. The average Bonchev–Trinajstić information content (AvgIpc) is 2.24. The second-order valence-electron chi connectivity index (χ2n) is 4.88. The van der Waals surface area contributed by atoms with Crippen molar-refractivity contribution in [3.63, 3.8) is 0 Å². The minimum Gasteiger partial charge on any atom is -0.452 e. The number of nitrogens with one attached hydrogen (secondary N) is 1. The summed E-state index contributed by atoms with van der Waals surface area (Å²) in [4.78, 5) is 23.1. The highest BCUT2D eigenvalue weighted by atomic mass is 127. The van der Waals surface area contributed by atoms with Crippen molar-refractivity contribution in [1.29, 1.82) is 0 Å². The fourth-order valence-corrected chi connectivity index (χ4v) is 1.61. The molecule has 0 atom stereocenters. The smallest absolute Gasteiger partial charge is 0.338 e. The lowest BCUT2D eigenvalue weighted by Gasteiger charge is -2.20. The van der Waals surface area contributed by atoms with Gasteiger partial charge in [0.05, 0.1) is 5.56 Å². The molecule has 0 heterocycles. The van der Waals surface area contributed by atoms with Gasteiger partial charge in [-0.2, -0.15) is 0 Å². The maximum absolute atomic E-state index is 11.6. The van der Waals surface area contributed by atoms with Crippen molar-refractivity contribution in [2.45, 2.75) is 26.3 Å². The molecule has 0 aromatic heterocycles. The Hall–Kier alpha value is -1.11. The summed E-state index contributed by atoms with van der Waals surface area (Å²) in [6.45, 7) is 5.34. The lowest BCUT2D eigenvalue weighted by Crippen LogP contribution is -2.42. The number of hydrogen-bond donors (Lipinski definition) is 1. The highest BCUT2D eigenvalue weighted by molar-refractivity contribution is 14.1. The molecule has 0 unspecified atom stereocenters. The largest absolute Gasteiger partial charge is 0.452 e. The van der Waals surface area contributed by atoms with E-state index in [4.69, 9.17) is 4.74 Å². The summed E-state index contributed by atoms with van der Waals surface area (Å²) < 4.78 is 5.96. The van der Waals surface area contributed by atoms with Gasteiger partial charge in [-0.3, -0.25) is 4.79 Å². The fraction of sp³-hybridized carbons (Fsp3) is 0.385. The molecule has 0 bridgehead atoms. The first-order chi connectivity index (χ1) is 8.28. The van der Waals surface area contributed by atoms with Crippen LogP contribution in [0.2, 0.25) is 0 Å². The Morgan fingerprint density at radius 3 is 2.28 bits per heavy atom. The van der Waals surface area contributed by atoms with E-state index in [9.17, 15) is 9.59 Å². The second-order valence-corrected chi connectivity index (χ2v) is 6.13. The van der Waals surface area contributed by atoms with Gasteiger partial charge in [0.2, 0.25) is 0 Å². The third-order valence-corrected chi connectivity index (χ3v) is 2.65. The molecule has 0 spiro atoms. The minimum absolute atomic E-state index is 0.262. The molecule has 18 heavy (non-hydrogen) atoms. The highest BCUT2D eigenvalue weighted by Gasteiger charge is 2.15. The number of amides is 1. The monoisotopic (exact) mass is 361 g/mol. The van der Waals surface area contributed by atoms with Gasteiger partial charge in [0, 0.05) is 9.11 Å². The van der Waals surface area contributed by atoms with Gasteiger partial charge in [-0.15, -0.1) is 0 Å². The van der Waals surface area contributed by atoms with E-state index in [1.54, 1.807) is 12.1 Å². The molecule has 98 valence electrons. The number of carbonyl (C=O) groups is 2. The molecule has 1 aromatic carbocycles. The van der Waals surface area contributed by atoms with Crippen LogP contribution in [0, 0.1) is 3.57 Å². The van der Waals surface area contributed by atoms with E-state index in [0.717, 1.165) is 3.57 Å². The predicted molar refractivity (Wildman–Crippen MR) is 77.3 cm³/mol. The maximum atomic E-state index is 11.6. The molecule has 1 aromatic rings. The second kappa shape index (κ2) is 6.17. The number of esters is 1. The summed E-state index contributed by atoms with van der Waals surface area (Å²) in [5.74, 6) is -0.795. The van der Waals surface area contributed by atoms with Crippen molar-refractivity contribution in [3.05, 3.63) is 33.4 Å². The van der Waals surface area contributed by atoms with Crippen LogP contribution in [-0.4, -0.2) is 24.0 Å². The standard InChI is InChI=1S/C13H16INO3/c1-13(2,3)15-11(16)8-18-12(17)9-4-6-10(14)7-5-9/h4-7H,8H2,1-3H3,(H,15,16). The third kappa shape index (κ3) is 5.48. The molecule has 5 heteroatoms. The topological polar surface area (TPSA) is 55.4 Å². The Kier molecular flexibility index (Phi) is 5.13. The van der Waals surface area contributed by atoms with Gasteiger partial charge in [0.25, 0.3) is 5.91 Å². The van der Waals surface area contributed by atoms with Gasteiger partial charge in [-0.05, 0) is 67.6 Å². The number of ether oxygens (including phenoxy) is 1. The maximum Gasteiger partial charge on any atom is 0.338 e. The minimum atomic E-state index is -0.490. The summed E-state index contributed by atoms with van der Waals surface area (Å²) in [6, 6.07) is 6.97. The van der Waals surface area contributed by atoms with Crippen molar-refractivity contribution in [3.8, 4) is 0 Å². The summed E-state index contributed by atoms with van der Waals surface area (Å²) in [5, 5.41) is 2.72. The van der Waals surface area contributed by atoms with E-state index in [0.29, 0.717) is 5.56 Å². The molecule has 4 nitrogen and oxygen atoms in total. The summed E-state index contributed by atoms with van der Waals surface area (Å²) in [6.07, 6.45) is 0. The molecular formula is C13H16INO3.